The summed E-state index contributed by atoms with van der Waals surface area (Å²) in [5, 5.41) is 6.42. The minimum atomic E-state index is -0.610. The van der Waals surface area contributed by atoms with Gasteiger partial charge in [0.15, 0.2) is 0 Å². The van der Waals surface area contributed by atoms with Crippen molar-refractivity contribution in [2.75, 3.05) is 40.2 Å². The number of halogens is 2. The zero-order valence-corrected chi connectivity index (χ0v) is 42.1. The van der Waals surface area contributed by atoms with Crippen LogP contribution >= 0.6 is 11.6 Å². The lowest BCUT2D eigenvalue weighted by Gasteiger charge is -2.35. The molecule has 0 saturated carbocycles. The van der Waals surface area contributed by atoms with Gasteiger partial charge in [0, 0.05) is 73.4 Å². The minimum absolute atomic E-state index is 0.0178. The number of aromatic nitrogens is 1. The Morgan fingerprint density at radius 2 is 1.66 bits per heavy atom. The van der Waals surface area contributed by atoms with Gasteiger partial charge in [0.1, 0.15) is 17.2 Å². The van der Waals surface area contributed by atoms with Crippen LogP contribution in [0.25, 0.3) is 22.4 Å². The number of amides is 3. The zero-order chi connectivity index (χ0) is 48.3. The number of anilines is 1. The molecule has 0 fully saturated rings. The Bertz CT molecular complexity index is 2060. The fraction of sp³-hybridized carbons (Fsp3) is 0.538. The number of nitrogens with one attached hydrogen (secondary N) is 2. The van der Waals surface area contributed by atoms with Gasteiger partial charge in [-0.1, -0.05) is 105 Å². The van der Waals surface area contributed by atoms with E-state index in [-0.39, 0.29) is 28.5 Å². The van der Waals surface area contributed by atoms with Gasteiger partial charge < -0.3 is 25.0 Å². The van der Waals surface area contributed by atoms with E-state index in [0.717, 1.165) is 69.5 Å². The van der Waals surface area contributed by atoms with Crippen LogP contribution in [-0.2, 0) is 32.0 Å². The molecule has 2 atom stereocenters. The van der Waals surface area contributed by atoms with E-state index in [1.807, 2.05) is 32.9 Å². The molecule has 10 nitrogen and oxygen atoms in total. The molecular formula is C52H77ClFN5O5. The quantitative estimate of drug-likeness (QED) is 0.138. The molecule has 2 aromatic carbocycles. The first kappa shape index (κ1) is 55.4. The molecule has 1 aliphatic heterocycles. The van der Waals surface area contributed by atoms with E-state index in [9.17, 15) is 14.4 Å². The first-order valence-electron chi connectivity index (χ1n) is 23.2. The molecule has 3 amide bonds. The normalized spacial score (nSPS) is 14.1. The maximum Gasteiger partial charge on any atom is 0.266 e. The van der Waals surface area contributed by atoms with Gasteiger partial charge in [-0.2, -0.15) is 0 Å². The molecule has 2 aliphatic rings. The molecule has 2 unspecified atom stereocenters. The molecular weight excluding hydrogens is 829 g/mol. The summed E-state index contributed by atoms with van der Waals surface area (Å²) >= 11 is 6.91. The number of benzene rings is 2. The van der Waals surface area contributed by atoms with E-state index in [2.05, 4.69) is 58.8 Å². The minimum Gasteiger partial charge on any atom is -0.481 e. The second kappa shape index (κ2) is 26.9. The fourth-order valence-corrected chi connectivity index (χ4v) is 7.78. The highest BCUT2D eigenvalue weighted by molar-refractivity contribution is 6.36. The Morgan fingerprint density at radius 3 is 2.22 bits per heavy atom. The first-order chi connectivity index (χ1) is 30.5. The average Bonchev–Trinajstić information content (AvgIpc) is 3.79. The van der Waals surface area contributed by atoms with Crippen molar-refractivity contribution in [1.82, 2.24) is 20.1 Å². The topological polar surface area (TPSA) is 113 Å². The van der Waals surface area contributed by atoms with Crippen molar-refractivity contribution < 1.29 is 28.2 Å². The van der Waals surface area contributed by atoms with Crippen molar-refractivity contribution in [3.8, 4) is 28.3 Å². The van der Waals surface area contributed by atoms with Gasteiger partial charge >= 0.3 is 0 Å². The van der Waals surface area contributed by atoms with Crippen molar-refractivity contribution in [1.29, 1.82) is 0 Å². The van der Waals surface area contributed by atoms with E-state index in [0.29, 0.717) is 44.8 Å². The lowest BCUT2D eigenvalue weighted by atomic mass is 9.84. The predicted octanol–water partition coefficient (Wildman–Crippen LogP) is 12.3. The third-order valence-corrected chi connectivity index (χ3v) is 12.8. The largest absolute Gasteiger partial charge is 0.481 e. The molecule has 1 aromatic heterocycles. The van der Waals surface area contributed by atoms with Crippen LogP contribution in [0.2, 0.25) is 5.02 Å². The number of ether oxygens (including phenoxy) is 2. The van der Waals surface area contributed by atoms with Crippen LogP contribution in [0.4, 0.5) is 10.1 Å². The number of fused-ring (bicyclic) bond motifs is 1. The number of hydrogen-bond donors (Lipinski definition) is 2. The van der Waals surface area contributed by atoms with Crippen molar-refractivity contribution in [2.45, 2.75) is 139 Å². The molecule has 354 valence electrons. The number of aryl methyl sites for hydroxylation is 1. The Morgan fingerprint density at radius 1 is 1.00 bits per heavy atom. The molecule has 64 heavy (non-hydrogen) atoms. The van der Waals surface area contributed by atoms with Crippen LogP contribution in [0.5, 0.6) is 5.88 Å². The van der Waals surface area contributed by atoms with Gasteiger partial charge in [0.05, 0.1) is 17.8 Å². The summed E-state index contributed by atoms with van der Waals surface area (Å²) in [7, 11) is 6.55. The third-order valence-electron chi connectivity index (χ3n) is 12.4. The highest BCUT2D eigenvalue weighted by atomic mass is 35.5. The van der Waals surface area contributed by atoms with E-state index in [1.54, 1.807) is 52.3 Å². The van der Waals surface area contributed by atoms with Crippen LogP contribution in [0.3, 0.4) is 0 Å². The van der Waals surface area contributed by atoms with Gasteiger partial charge in [0.25, 0.3) is 11.8 Å². The molecule has 12 heteroatoms. The highest BCUT2D eigenvalue weighted by Crippen LogP contribution is 2.42. The Labute approximate surface area is 389 Å². The number of rotatable bonds is 16. The summed E-state index contributed by atoms with van der Waals surface area (Å²) in [5.74, 6) is 0.554. The van der Waals surface area contributed by atoms with Crippen molar-refractivity contribution in [3.05, 3.63) is 88.1 Å². The SMILES string of the molecule is C=C1N(C)C=C(C(=O)Nc2ccc(F)c(-c3cccc(-c4cc5c(c(OC)n4)CCC5)c3Cl)c2C)C(=O)N1C.CC.CCC(C)CCC(CC)(CC)NC(=O)C(C)CC.CCCOC. The van der Waals surface area contributed by atoms with E-state index < -0.39 is 17.6 Å². The number of hydrogen-bond acceptors (Lipinski definition) is 7. The van der Waals surface area contributed by atoms with Crippen LogP contribution in [0.15, 0.2) is 60.6 Å². The molecule has 0 bridgehead atoms. The van der Waals surface area contributed by atoms with Gasteiger partial charge in [-0.15, -0.1) is 0 Å². The summed E-state index contributed by atoms with van der Waals surface area (Å²) in [4.78, 5) is 45.5. The van der Waals surface area contributed by atoms with Gasteiger partial charge in [-0.05, 0) is 100.0 Å². The first-order valence-corrected chi connectivity index (χ1v) is 23.5. The highest BCUT2D eigenvalue weighted by Gasteiger charge is 2.31. The molecule has 1 aliphatic carbocycles. The third kappa shape index (κ3) is 14.1. The number of methoxy groups -OCH3 is 2. The number of carbonyl (C=O) groups excluding carboxylic acids is 3. The molecule has 0 saturated heterocycles. The molecule has 2 heterocycles. The van der Waals surface area contributed by atoms with Gasteiger partial charge in [0.2, 0.25) is 11.8 Å². The maximum absolute atomic E-state index is 15.3. The van der Waals surface area contributed by atoms with Crippen molar-refractivity contribution in [3.63, 3.8) is 0 Å². The number of nitrogens with zero attached hydrogens (tertiary/aromatic N) is 3. The zero-order valence-electron chi connectivity index (χ0n) is 41.3. The summed E-state index contributed by atoms with van der Waals surface area (Å²) < 4.78 is 25.6. The number of carbonyl (C=O) groups is 3. The number of likely N-dealkylation sites (N-methyl/N-ethyl adjacent to an activating group) is 1. The van der Waals surface area contributed by atoms with Crippen LogP contribution in [-0.4, -0.2) is 73.0 Å². The molecule has 3 aromatic rings. The summed E-state index contributed by atoms with van der Waals surface area (Å²) in [6.07, 6.45) is 12.0. The standard InChI is InChI=1S/C30H28ClFN4O3.C16H33NO.C4H10O.C2H6/c1-16-24(33-28(37)22-15-35(3)17(2)36(4)30(22)38)13-12-23(32)26(16)21-11-7-10-20(27(21)31)25-14-18-8-6-9-19(18)29(34-25)39-5;1-7-13(5)11-12-16(9-3,10-4)17-15(18)14(6)8-2;1-3-4-5-2;1-2/h7,10-15H,2,6,8-9H2,1,3-5H3,(H,33,37);13-14H,7-12H2,1-6H3,(H,17,18);3-4H2,1-2H3;1-2H3. The Kier molecular flexibility index (Phi) is 23.3. The summed E-state index contributed by atoms with van der Waals surface area (Å²) in [6.45, 7) is 25.5. The van der Waals surface area contributed by atoms with E-state index in [1.165, 1.54) is 41.6 Å². The van der Waals surface area contributed by atoms with E-state index >= 15 is 4.39 Å². The lowest BCUT2D eigenvalue weighted by molar-refractivity contribution is -0.129. The number of pyridine rings is 1. The Hall–Kier alpha value is -4.74. The van der Waals surface area contributed by atoms with Crippen molar-refractivity contribution >= 4 is 35.0 Å². The molecule has 0 radical (unpaired) electrons. The second-order valence-electron chi connectivity index (χ2n) is 16.5. The van der Waals surface area contributed by atoms with Gasteiger partial charge in [-0.3, -0.25) is 19.3 Å². The summed E-state index contributed by atoms with van der Waals surface area (Å²) in [6, 6.07) is 10.1. The average molecular weight is 907 g/mol. The monoisotopic (exact) mass is 906 g/mol. The smallest absolute Gasteiger partial charge is 0.266 e. The predicted molar refractivity (Wildman–Crippen MR) is 263 cm³/mol. The second-order valence-corrected chi connectivity index (χ2v) is 16.9. The van der Waals surface area contributed by atoms with Crippen LogP contribution in [0.1, 0.15) is 130 Å². The Balaban J connectivity index is 0.000000471. The maximum atomic E-state index is 15.3. The van der Waals surface area contributed by atoms with Crippen LogP contribution in [0, 0.1) is 24.6 Å². The van der Waals surface area contributed by atoms with E-state index in [4.69, 9.17) is 26.1 Å². The molecule has 2 N–H and O–H groups in total. The lowest BCUT2D eigenvalue weighted by Crippen LogP contribution is -2.49. The van der Waals surface area contributed by atoms with Crippen molar-refractivity contribution in [2.24, 2.45) is 11.8 Å². The molecule has 5 rings (SSSR count). The summed E-state index contributed by atoms with van der Waals surface area (Å²) in [5.41, 5.74) is 5.10. The van der Waals surface area contributed by atoms with Gasteiger partial charge in [-0.25, -0.2) is 9.37 Å². The van der Waals surface area contributed by atoms with Crippen LogP contribution < -0.4 is 15.4 Å². The molecule has 0 spiro atoms. The fourth-order valence-electron chi connectivity index (χ4n) is 7.47.